The molecule has 5 heteroatoms. The molecule has 0 aliphatic heterocycles. The van der Waals surface area contributed by atoms with Crippen molar-refractivity contribution in [3.8, 4) is 0 Å². The normalized spacial score (nSPS) is 23.0. The number of aromatic nitrogens is 2. The van der Waals surface area contributed by atoms with E-state index in [0.29, 0.717) is 0 Å². The molecule has 2 aromatic rings. The van der Waals surface area contributed by atoms with E-state index in [9.17, 15) is 5.11 Å². The van der Waals surface area contributed by atoms with Gasteiger partial charge in [0.2, 0.25) is 0 Å². The van der Waals surface area contributed by atoms with Crippen LogP contribution >= 0.6 is 0 Å². The molecule has 3 rings (SSSR count). The zero-order valence-corrected chi connectivity index (χ0v) is 13.8. The third-order valence-electron chi connectivity index (χ3n) is 4.71. The molecule has 1 N–H and O–H groups in total. The van der Waals surface area contributed by atoms with Crippen LogP contribution in [0.25, 0.3) is 0 Å². The smallest absolute Gasteiger partial charge is 0.106 e. The van der Waals surface area contributed by atoms with Gasteiger partial charge >= 0.3 is 0 Å². The minimum atomic E-state index is -0.0106. The number of rotatable bonds is 4. The summed E-state index contributed by atoms with van der Waals surface area (Å²) in [7, 11) is 1.57. The SMILES string of the molecule is CON=CC1CC(C)(C)[C@H](n2cncc2CO)c2ccccc21. The van der Waals surface area contributed by atoms with E-state index in [4.69, 9.17) is 4.84 Å². The number of hydrogen-bond acceptors (Lipinski definition) is 4. The molecule has 1 heterocycles. The summed E-state index contributed by atoms with van der Waals surface area (Å²) in [6.45, 7) is 4.49. The minimum Gasteiger partial charge on any atom is -0.399 e. The van der Waals surface area contributed by atoms with Gasteiger partial charge in [0.05, 0.1) is 37.1 Å². The Morgan fingerprint density at radius 1 is 1.39 bits per heavy atom. The van der Waals surface area contributed by atoms with E-state index in [-0.39, 0.29) is 24.0 Å². The van der Waals surface area contributed by atoms with Gasteiger partial charge in [-0.25, -0.2) is 4.98 Å². The second kappa shape index (κ2) is 6.16. The zero-order valence-electron chi connectivity index (χ0n) is 13.8. The standard InChI is InChI=1S/C18H23N3O2/c1-18(2)8-13(9-20-23-3)15-6-4-5-7-16(15)17(18)21-12-19-10-14(21)11-22/h4-7,9-10,12-13,17,22H,8,11H2,1-3H3/t13?,17-/m1/s1. The fraction of sp³-hybridized carbons (Fsp3) is 0.444. The van der Waals surface area contributed by atoms with Gasteiger partial charge in [-0.15, -0.1) is 0 Å². The molecule has 1 aromatic carbocycles. The predicted octanol–water partition coefficient (Wildman–Crippen LogP) is 3.11. The first-order valence-corrected chi connectivity index (χ1v) is 7.85. The molecule has 0 spiro atoms. The van der Waals surface area contributed by atoms with E-state index < -0.39 is 0 Å². The van der Waals surface area contributed by atoms with E-state index >= 15 is 0 Å². The molecule has 23 heavy (non-hydrogen) atoms. The lowest BCUT2D eigenvalue weighted by atomic mass is 9.66. The second-order valence-corrected chi connectivity index (χ2v) is 6.72. The minimum absolute atomic E-state index is 0.0105. The number of fused-ring (bicyclic) bond motifs is 1. The molecule has 1 unspecified atom stereocenters. The monoisotopic (exact) mass is 313 g/mol. The average Bonchev–Trinajstić information content (AvgIpc) is 2.99. The summed E-state index contributed by atoms with van der Waals surface area (Å²) in [5, 5.41) is 13.6. The van der Waals surface area contributed by atoms with E-state index in [1.54, 1.807) is 13.3 Å². The predicted molar refractivity (Wildman–Crippen MR) is 89.4 cm³/mol. The Morgan fingerprint density at radius 3 is 2.83 bits per heavy atom. The fourth-order valence-electron chi connectivity index (χ4n) is 3.79. The lowest BCUT2D eigenvalue weighted by molar-refractivity contribution is 0.190. The molecule has 1 aliphatic rings. The molecule has 0 bridgehead atoms. The quantitative estimate of drug-likeness (QED) is 0.697. The summed E-state index contributed by atoms with van der Waals surface area (Å²) >= 11 is 0. The third-order valence-corrected chi connectivity index (χ3v) is 4.71. The molecule has 1 aromatic heterocycles. The highest BCUT2D eigenvalue weighted by atomic mass is 16.6. The van der Waals surface area contributed by atoms with Crippen LogP contribution in [0.4, 0.5) is 0 Å². The van der Waals surface area contributed by atoms with Crippen LogP contribution in [0, 0.1) is 5.41 Å². The second-order valence-electron chi connectivity index (χ2n) is 6.72. The Morgan fingerprint density at radius 2 is 2.13 bits per heavy atom. The lowest BCUT2D eigenvalue weighted by Crippen LogP contribution is -2.36. The largest absolute Gasteiger partial charge is 0.399 e. The number of benzene rings is 1. The number of nitrogens with zero attached hydrogens (tertiary/aromatic N) is 3. The summed E-state index contributed by atoms with van der Waals surface area (Å²) in [5.41, 5.74) is 3.34. The van der Waals surface area contributed by atoms with E-state index in [1.165, 1.54) is 11.1 Å². The summed E-state index contributed by atoms with van der Waals surface area (Å²) in [4.78, 5) is 9.12. The van der Waals surface area contributed by atoms with Crippen molar-refractivity contribution in [3.63, 3.8) is 0 Å². The Bertz CT molecular complexity index is 706. The van der Waals surface area contributed by atoms with Gasteiger partial charge < -0.3 is 14.5 Å². The van der Waals surface area contributed by atoms with Crippen molar-refractivity contribution in [1.29, 1.82) is 0 Å². The van der Waals surface area contributed by atoms with Crippen LogP contribution in [0.2, 0.25) is 0 Å². The Kier molecular flexibility index (Phi) is 4.22. The number of imidazole rings is 1. The van der Waals surface area contributed by atoms with Crippen LogP contribution in [0.1, 0.15) is 49.0 Å². The van der Waals surface area contributed by atoms with Gasteiger partial charge in [0.25, 0.3) is 0 Å². The zero-order chi connectivity index (χ0) is 16.4. The Labute approximate surface area is 136 Å². The van der Waals surface area contributed by atoms with Gasteiger partial charge in [-0.1, -0.05) is 43.3 Å². The first-order valence-electron chi connectivity index (χ1n) is 7.85. The summed E-state index contributed by atoms with van der Waals surface area (Å²) < 4.78 is 2.10. The van der Waals surface area contributed by atoms with Crippen LogP contribution in [0.3, 0.4) is 0 Å². The van der Waals surface area contributed by atoms with E-state index in [0.717, 1.165) is 12.1 Å². The highest BCUT2D eigenvalue weighted by molar-refractivity contribution is 5.69. The van der Waals surface area contributed by atoms with Gasteiger partial charge in [0.1, 0.15) is 7.11 Å². The number of oxime groups is 1. The fourth-order valence-corrected chi connectivity index (χ4v) is 3.79. The molecule has 0 saturated heterocycles. The molecule has 0 saturated carbocycles. The summed E-state index contributed by atoms with van der Waals surface area (Å²) in [5.74, 6) is 0.221. The number of aliphatic hydroxyl groups excluding tert-OH is 1. The average molecular weight is 313 g/mol. The van der Waals surface area contributed by atoms with Crippen LogP contribution < -0.4 is 0 Å². The first-order chi connectivity index (χ1) is 11.1. The maximum Gasteiger partial charge on any atom is 0.106 e. The maximum absolute atomic E-state index is 9.63. The van der Waals surface area contributed by atoms with Gasteiger partial charge in [-0.2, -0.15) is 0 Å². The van der Waals surface area contributed by atoms with Crippen LogP contribution in [0.15, 0.2) is 41.9 Å². The van der Waals surface area contributed by atoms with E-state index in [2.05, 4.69) is 52.8 Å². The molecular weight excluding hydrogens is 290 g/mol. The molecule has 0 fully saturated rings. The number of hydrogen-bond donors (Lipinski definition) is 1. The lowest BCUT2D eigenvalue weighted by Gasteiger charge is -2.44. The van der Waals surface area contributed by atoms with Gasteiger partial charge in [0, 0.05) is 5.92 Å². The van der Waals surface area contributed by atoms with Crippen LogP contribution in [0.5, 0.6) is 0 Å². The molecule has 122 valence electrons. The van der Waals surface area contributed by atoms with Gasteiger partial charge in [-0.05, 0) is 23.0 Å². The van der Waals surface area contributed by atoms with Crippen molar-refractivity contribution >= 4 is 6.21 Å². The summed E-state index contributed by atoms with van der Waals surface area (Å²) in [6.07, 6.45) is 6.39. The molecule has 2 atom stereocenters. The van der Waals surface area contributed by atoms with Gasteiger partial charge in [0.15, 0.2) is 0 Å². The number of aliphatic hydroxyl groups is 1. The molecule has 1 aliphatic carbocycles. The van der Waals surface area contributed by atoms with E-state index in [1.807, 2.05) is 12.5 Å². The van der Waals surface area contributed by atoms with Crippen molar-refractivity contribution in [2.45, 2.75) is 38.8 Å². The Balaban J connectivity index is 2.14. The molecule has 0 amide bonds. The van der Waals surface area contributed by atoms with Crippen molar-refractivity contribution in [3.05, 3.63) is 53.6 Å². The van der Waals surface area contributed by atoms with Crippen LogP contribution in [-0.4, -0.2) is 28.0 Å². The highest BCUT2D eigenvalue weighted by Gasteiger charge is 2.41. The van der Waals surface area contributed by atoms with Crippen molar-refractivity contribution in [2.75, 3.05) is 7.11 Å². The Hall–Kier alpha value is -2.14. The maximum atomic E-state index is 9.63. The topological polar surface area (TPSA) is 59.6 Å². The summed E-state index contributed by atoms with van der Waals surface area (Å²) in [6, 6.07) is 8.57. The highest BCUT2D eigenvalue weighted by Crippen LogP contribution is 2.50. The molecule has 0 radical (unpaired) electrons. The third kappa shape index (κ3) is 2.77. The van der Waals surface area contributed by atoms with Crippen molar-refractivity contribution in [1.82, 2.24) is 9.55 Å². The molecular formula is C18H23N3O2. The first kappa shape index (κ1) is 15.7. The van der Waals surface area contributed by atoms with Crippen LogP contribution in [-0.2, 0) is 11.4 Å². The van der Waals surface area contributed by atoms with Crippen molar-refractivity contribution in [2.24, 2.45) is 10.6 Å². The van der Waals surface area contributed by atoms with Crippen molar-refractivity contribution < 1.29 is 9.94 Å². The van der Waals surface area contributed by atoms with Gasteiger partial charge in [-0.3, -0.25) is 0 Å². The molecule has 5 nitrogen and oxygen atoms in total.